The standard InChI is InChI=1S/C25H22Cl2N2O5/c26-17-6-9-19(10-7-17)32-13-3-12-29-21-14-18(8-11-23(21)34-16-25(29)31)28-24(30)15-33-22-5-2-1-4-20(22)27/h1-2,4-11,14H,3,12-13,15-16H2,(H,28,30). The van der Waals surface area contributed by atoms with Crippen molar-refractivity contribution >= 4 is 46.4 Å². The van der Waals surface area contributed by atoms with Gasteiger partial charge in [-0.2, -0.15) is 0 Å². The summed E-state index contributed by atoms with van der Waals surface area (Å²) in [6.45, 7) is 0.623. The first kappa shape index (κ1) is 23.7. The summed E-state index contributed by atoms with van der Waals surface area (Å²) < 4.78 is 16.7. The summed E-state index contributed by atoms with van der Waals surface area (Å²) in [5.74, 6) is 1.19. The highest BCUT2D eigenvalue weighted by Gasteiger charge is 2.25. The second-order valence-corrected chi connectivity index (χ2v) is 8.28. The first-order chi connectivity index (χ1) is 16.5. The predicted molar refractivity (Wildman–Crippen MR) is 131 cm³/mol. The van der Waals surface area contributed by atoms with Crippen LogP contribution in [0, 0.1) is 0 Å². The number of carbonyl (C=O) groups is 2. The minimum atomic E-state index is -0.356. The maximum Gasteiger partial charge on any atom is 0.265 e. The van der Waals surface area contributed by atoms with Crippen molar-refractivity contribution in [1.29, 1.82) is 0 Å². The maximum absolute atomic E-state index is 12.5. The molecule has 34 heavy (non-hydrogen) atoms. The van der Waals surface area contributed by atoms with Crippen molar-refractivity contribution in [2.24, 2.45) is 0 Å². The van der Waals surface area contributed by atoms with Crippen LogP contribution in [0.4, 0.5) is 11.4 Å². The van der Waals surface area contributed by atoms with E-state index in [2.05, 4.69) is 5.32 Å². The van der Waals surface area contributed by atoms with Crippen molar-refractivity contribution in [3.05, 3.63) is 76.8 Å². The Morgan fingerprint density at radius 2 is 1.82 bits per heavy atom. The van der Waals surface area contributed by atoms with E-state index in [1.165, 1.54) is 0 Å². The third-order valence-corrected chi connectivity index (χ3v) is 5.55. The van der Waals surface area contributed by atoms with E-state index < -0.39 is 0 Å². The quantitative estimate of drug-likeness (QED) is 0.408. The lowest BCUT2D eigenvalue weighted by Crippen LogP contribution is -2.39. The van der Waals surface area contributed by atoms with E-state index >= 15 is 0 Å². The number of benzene rings is 3. The monoisotopic (exact) mass is 500 g/mol. The summed E-state index contributed by atoms with van der Waals surface area (Å²) in [4.78, 5) is 26.5. The highest BCUT2D eigenvalue weighted by molar-refractivity contribution is 6.32. The molecule has 0 aromatic heterocycles. The van der Waals surface area contributed by atoms with Crippen molar-refractivity contribution in [3.63, 3.8) is 0 Å². The van der Waals surface area contributed by atoms with Gasteiger partial charge in [-0.05, 0) is 61.0 Å². The van der Waals surface area contributed by atoms with Gasteiger partial charge in [-0.25, -0.2) is 0 Å². The minimum Gasteiger partial charge on any atom is -0.494 e. The Morgan fingerprint density at radius 3 is 2.62 bits per heavy atom. The van der Waals surface area contributed by atoms with E-state index in [1.807, 2.05) is 0 Å². The van der Waals surface area contributed by atoms with Gasteiger partial charge in [-0.3, -0.25) is 9.59 Å². The van der Waals surface area contributed by atoms with Crippen LogP contribution >= 0.6 is 23.2 Å². The molecular weight excluding hydrogens is 479 g/mol. The van der Waals surface area contributed by atoms with Gasteiger partial charge in [0.2, 0.25) is 0 Å². The molecule has 9 heteroatoms. The summed E-state index contributed by atoms with van der Waals surface area (Å²) in [5, 5.41) is 3.84. The zero-order chi connectivity index (χ0) is 23.9. The molecule has 2 amide bonds. The van der Waals surface area contributed by atoms with E-state index in [4.69, 9.17) is 37.4 Å². The zero-order valence-corrected chi connectivity index (χ0v) is 19.6. The number of hydrogen-bond acceptors (Lipinski definition) is 5. The molecule has 1 aliphatic heterocycles. The molecule has 0 saturated heterocycles. The summed E-state index contributed by atoms with van der Waals surface area (Å²) >= 11 is 11.9. The highest BCUT2D eigenvalue weighted by Crippen LogP contribution is 2.34. The van der Waals surface area contributed by atoms with Crippen LogP contribution in [0.1, 0.15) is 6.42 Å². The largest absolute Gasteiger partial charge is 0.494 e. The fourth-order valence-corrected chi connectivity index (χ4v) is 3.69. The molecule has 3 aromatic carbocycles. The van der Waals surface area contributed by atoms with Crippen molar-refractivity contribution in [1.82, 2.24) is 0 Å². The normalized spacial score (nSPS) is 12.5. The number of halogens is 2. The van der Waals surface area contributed by atoms with Crippen LogP contribution in [0.5, 0.6) is 17.2 Å². The molecule has 0 spiro atoms. The fraction of sp³-hybridized carbons (Fsp3) is 0.200. The number of hydrogen-bond donors (Lipinski definition) is 1. The summed E-state index contributed by atoms with van der Waals surface area (Å²) in [5.41, 5.74) is 1.11. The Morgan fingerprint density at radius 1 is 1.03 bits per heavy atom. The SMILES string of the molecule is O=C(COc1ccccc1Cl)Nc1ccc2c(c1)N(CCCOc1ccc(Cl)cc1)C(=O)CO2. The molecule has 176 valence electrons. The summed E-state index contributed by atoms with van der Waals surface area (Å²) in [6, 6.07) is 19.2. The summed E-state index contributed by atoms with van der Waals surface area (Å²) in [7, 11) is 0. The van der Waals surface area contributed by atoms with Crippen LogP contribution in [0.25, 0.3) is 0 Å². The Kier molecular flexibility index (Phi) is 7.77. The van der Waals surface area contributed by atoms with Crippen LogP contribution in [-0.4, -0.2) is 38.2 Å². The maximum atomic E-state index is 12.5. The number of rotatable bonds is 9. The molecule has 4 rings (SSSR count). The average Bonchev–Trinajstić information content (AvgIpc) is 2.83. The van der Waals surface area contributed by atoms with Crippen LogP contribution in [-0.2, 0) is 9.59 Å². The topological polar surface area (TPSA) is 77.1 Å². The molecule has 1 aliphatic rings. The van der Waals surface area contributed by atoms with Crippen molar-refractivity contribution in [2.45, 2.75) is 6.42 Å². The van der Waals surface area contributed by atoms with E-state index in [0.29, 0.717) is 58.2 Å². The van der Waals surface area contributed by atoms with Gasteiger partial charge in [0.25, 0.3) is 11.8 Å². The van der Waals surface area contributed by atoms with Crippen LogP contribution in [0.15, 0.2) is 66.7 Å². The number of carbonyl (C=O) groups excluding carboxylic acids is 2. The Hall–Kier alpha value is -3.42. The Labute approximate surface area is 207 Å². The molecule has 3 aromatic rings. The first-order valence-electron chi connectivity index (χ1n) is 10.6. The van der Waals surface area contributed by atoms with Gasteiger partial charge in [0.05, 0.1) is 17.3 Å². The van der Waals surface area contributed by atoms with Gasteiger partial charge in [-0.1, -0.05) is 35.3 Å². The molecule has 0 unspecified atom stereocenters. The molecule has 1 heterocycles. The van der Waals surface area contributed by atoms with Crippen LogP contribution in [0.2, 0.25) is 10.0 Å². The van der Waals surface area contributed by atoms with Gasteiger partial charge in [-0.15, -0.1) is 0 Å². The molecule has 0 fully saturated rings. The van der Waals surface area contributed by atoms with Gasteiger partial charge < -0.3 is 24.4 Å². The van der Waals surface area contributed by atoms with E-state index in [1.54, 1.807) is 71.6 Å². The van der Waals surface area contributed by atoms with E-state index in [9.17, 15) is 9.59 Å². The molecule has 7 nitrogen and oxygen atoms in total. The molecule has 0 atom stereocenters. The number of ether oxygens (including phenoxy) is 3. The minimum absolute atomic E-state index is 0.0393. The van der Waals surface area contributed by atoms with Crippen molar-refractivity contribution < 1.29 is 23.8 Å². The second-order valence-electron chi connectivity index (χ2n) is 7.44. The van der Waals surface area contributed by atoms with Crippen molar-refractivity contribution in [2.75, 3.05) is 36.6 Å². The predicted octanol–water partition coefficient (Wildman–Crippen LogP) is 5.21. The first-order valence-corrected chi connectivity index (χ1v) is 11.4. The van der Waals surface area contributed by atoms with E-state index in [0.717, 1.165) is 0 Å². The summed E-state index contributed by atoms with van der Waals surface area (Å²) in [6.07, 6.45) is 0.607. The second kappa shape index (κ2) is 11.1. The number of nitrogens with one attached hydrogen (secondary N) is 1. The molecular formula is C25H22Cl2N2O5. The zero-order valence-electron chi connectivity index (χ0n) is 18.1. The van der Waals surface area contributed by atoms with Gasteiger partial charge >= 0.3 is 0 Å². The van der Waals surface area contributed by atoms with Gasteiger partial charge in [0.15, 0.2) is 13.2 Å². The number of fused-ring (bicyclic) bond motifs is 1. The van der Waals surface area contributed by atoms with E-state index in [-0.39, 0.29) is 25.0 Å². The number of nitrogens with zero attached hydrogens (tertiary/aromatic N) is 1. The molecule has 1 N–H and O–H groups in total. The molecule has 0 bridgehead atoms. The Bertz CT molecular complexity index is 1170. The third-order valence-electron chi connectivity index (χ3n) is 4.99. The lowest BCUT2D eigenvalue weighted by molar-refractivity contribution is -0.121. The third kappa shape index (κ3) is 6.12. The molecule has 0 aliphatic carbocycles. The molecule has 0 radical (unpaired) electrons. The van der Waals surface area contributed by atoms with Gasteiger partial charge in [0, 0.05) is 17.3 Å². The average molecular weight is 501 g/mol. The van der Waals surface area contributed by atoms with Gasteiger partial charge in [0.1, 0.15) is 17.2 Å². The van der Waals surface area contributed by atoms with Crippen LogP contribution < -0.4 is 24.4 Å². The highest BCUT2D eigenvalue weighted by atomic mass is 35.5. The fourth-order valence-electron chi connectivity index (χ4n) is 3.37. The van der Waals surface area contributed by atoms with Crippen LogP contribution in [0.3, 0.4) is 0 Å². The Balaban J connectivity index is 1.35. The number of para-hydroxylation sites is 1. The lowest BCUT2D eigenvalue weighted by atomic mass is 10.2. The molecule has 0 saturated carbocycles. The lowest BCUT2D eigenvalue weighted by Gasteiger charge is -2.30. The van der Waals surface area contributed by atoms with Crippen molar-refractivity contribution in [3.8, 4) is 17.2 Å². The smallest absolute Gasteiger partial charge is 0.265 e. The number of amides is 2. The number of anilines is 2.